The SMILES string of the molecule is NC/C=C/C(=O)Nc1ccnc(Br)c1. The van der Waals surface area contributed by atoms with Gasteiger partial charge in [-0.1, -0.05) is 6.08 Å². The fourth-order valence-corrected chi connectivity index (χ4v) is 1.20. The third kappa shape index (κ3) is 3.68. The summed E-state index contributed by atoms with van der Waals surface area (Å²) in [5.41, 5.74) is 5.90. The number of pyridine rings is 1. The van der Waals surface area contributed by atoms with Crippen LogP contribution in [0.25, 0.3) is 0 Å². The molecule has 0 saturated carbocycles. The first-order valence-corrected chi connectivity index (χ1v) is 4.81. The van der Waals surface area contributed by atoms with Crippen molar-refractivity contribution >= 4 is 27.5 Å². The number of hydrogen-bond donors (Lipinski definition) is 2. The number of hydrogen-bond acceptors (Lipinski definition) is 3. The molecule has 0 radical (unpaired) electrons. The lowest BCUT2D eigenvalue weighted by molar-refractivity contribution is -0.111. The van der Waals surface area contributed by atoms with E-state index in [0.29, 0.717) is 16.8 Å². The van der Waals surface area contributed by atoms with E-state index in [1.165, 1.54) is 6.08 Å². The molecule has 5 heteroatoms. The topological polar surface area (TPSA) is 68.0 Å². The zero-order valence-electron chi connectivity index (χ0n) is 7.40. The van der Waals surface area contributed by atoms with Gasteiger partial charge in [0.2, 0.25) is 5.91 Å². The number of nitrogens with zero attached hydrogens (tertiary/aromatic N) is 1. The second-order valence-electron chi connectivity index (χ2n) is 2.49. The van der Waals surface area contributed by atoms with Crippen LogP contribution < -0.4 is 11.1 Å². The summed E-state index contributed by atoms with van der Waals surface area (Å²) >= 11 is 3.20. The van der Waals surface area contributed by atoms with Crippen LogP contribution in [-0.4, -0.2) is 17.4 Å². The van der Waals surface area contributed by atoms with Gasteiger partial charge in [-0.3, -0.25) is 4.79 Å². The molecule has 1 amide bonds. The van der Waals surface area contributed by atoms with Gasteiger partial charge in [0.15, 0.2) is 0 Å². The third-order valence-electron chi connectivity index (χ3n) is 1.40. The van der Waals surface area contributed by atoms with E-state index >= 15 is 0 Å². The molecule has 4 nitrogen and oxygen atoms in total. The molecule has 1 aromatic heterocycles. The smallest absolute Gasteiger partial charge is 0.248 e. The minimum Gasteiger partial charge on any atom is -0.327 e. The van der Waals surface area contributed by atoms with Crippen molar-refractivity contribution in [3.8, 4) is 0 Å². The number of aromatic nitrogens is 1. The Morgan fingerprint density at radius 2 is 2.50 bits per heavy atom. The van der Waals surface area contributed by atoms with Gasteiger partial charge in [-0.25, -0.2) is 4.98 Å². The molecule has 0 saturated heterocycles. The van der Waals surface area contributed by atoms with Crippen LogP contribution >= 0.6 is 15.9 Å². The van der Waals surface area contributed by atoms with Crippen molar-refractivity contribution in [1.82, 2.24) is 4.98 Å². The van der Waals surface area contributed by atoms with Crippen LogP contribution in [0.5, 0.6) is 0 Å². The average Bonchev–Trinajstić information content (AvgIpc) is 2.15. The molecule has 14 heavy (non-hydrogen) atoms. The molecule has 74 valence electrons. The van der Waals surface area contributed by atoms with Gasteiger partial charge in [-0.2, -0.15) is 0 Å². The molecule has 0 aliphatic carbocycles. The lowest BCUT2D eigenvalue weighted by Crippen LogP contribution is -2.08. The van der Waals surface area contributed by atoms with Crippen molar-refractivity contribution in [1.29, 1.82) is 0 Å². The maximum Gasteiger partial charge on any atom is 0.248 e. The van der Waals surface area contributed by atoms with Crippen LogP contribution in [-0.2, 0) is 4.79 Å². The Morgan fingerprint density at radius 1 is 1.71 bits per heavy atom. The number of halogens is 1. The van der Waals surface area contributed by atoms with Gasteiger partial charge < -0.3 is 11.1 Å². The van der Waals surface area contributed by atoms with Gasteiger partial charge in [0, 0.05) is 24.5 Å². The van der Waals surface area contributed by atoms with E-state index in [1.54, 1.807) is 24.4 Å². The molecule has 0 aromatic carbocycles. The van der Waals surface area contributed by atoms with E-state index in [0.717, 1.165) is 0 Å². The summed E-state index contributed by atoms with van der Waals surface area (Å²) in [4.78, 5) is 15.1. The molecule has 0 aliphatic rings. The molecule has 0 fully saturated rings. The number of nitrogens with one attached hydrogen (secondary N) is 1. The number of anilines is 1. The molecule has 1 rings (SSSR count). The Labute approximate surface area is 90.3 Å². The predicted molar refractivity (Wildman–Crippen MR) is 58.8 cm³/mol. The Balaban J connectivity index is 2.60. The summed E-state index contributed by atoms with van der Waals surface area (Å²) in [7, 11) is 0. The van der Waals surface area contributed by atoms with E-state index in [2.05, 4.69) is 26.2 Å². The maximum atomic E-state index is 11.2. The van der Waals surface area contributed by atoms with Crippen molar-refractivity contribution in [3.05, 3.63) is 35.1 Å². The fraction of sp³-hybridized carbons (Fsp3) is 0.111. The predicted octanol–water partition coefficient (Wildman–Crippen LogP) is 1.30. The highest BCUT2D eigenvalue weighted by Crippen LogP contribution is 2.12. The lowest BCUT2D eigenvalue weighted by Gasteiger charge is -2.01. The zero-order chi connectivity index (χ0) is 10.4. The molecule has 0 spiro atoms. The van der Waals surface area contributed by atoms with Gasteiger partial charge in [0.1, 0.15) is 4.60 Å². The molecule has 0 bridgehead atoms. The summed E-state index contributed by atoms with van der Waals surface area (Å²) in [6, 6.07) is 3.42. The molecule has 1 heterocycles. The Kier molecular flexibility index (Phi) is 4.28. The van der Waals surface area contributed by atoms with Gasteiger partial charge >= 0.3 is 0 Å². The minimum atomic E-state index is -0.200. The first-order chi connectivity index (χ1) is 6.72. The highest BCUT2D eigenvalue weighted by atomic mass is 79.9. The van der Waals surface area contributed by atoms with E-state index in [4.69, 9.17) is 5.73 Å². The normalized spacial score (nSPS) is 10.4. The number of nitrogens with two attached hydrogens (primary N) is 1. The number of carbonyl (C=O) groups is 1. The summed E-state index contributed by atoms with van der Waals surface area (Å²) in [6.45, 7) is 0.355. The van der Waals surface area contributed by atoms with Crippen LogP contribution in [0.1, 0.15) is 0 Å². The van der Waals surface area contributed by atoms with Gasteiger partial charge in [0.25, 0.3) is 0 Å². The first kappa shape index (κ1) is 10.9. The standard InChI is InChI=1S/C9H10BrN3O/c10-8-6-7(3-5-12-8)13-9(14)2-1-4-11/h1-3,5-6H,4,11H2,(H,12,13,14)/b2-1+. The van der Waals surface area contributed by atoms with Gasteiger partial charge in [0.05, 0.1) is 0 Å². The van der Waals surface area contributed by atoms with Gasteiger partial charge in [-0.05, 0) is 28.1 Å². The molecule has 0 unspecified atom stereocenters. The Hall–Kier alpha value is -1.20. The van der Waals surface area contributed by atoms with E-state index in [1.807, 2.05) is 0 Å². The summed E-state index contributed by atoms with van der Waals surface area (Å²) < 4.78 is 0.679. The van der Waals surface area contributed by atoms with Crippen LogP contribution in [0.3, 0.4) is 0 Å². The summed E-state index contributed by atoms with van der Waals surface area (Å²) in [6.07, 6.45) is 4.59. The fourth-order valence-electron chi connectivity index (χ4n) is 0.839. The highest BCUT2D eigenvalue weighted by Gasteiger charge is 1.97. The molecule has 3 N–H and O–H groups in total. The molecule has 0 aliphatic heterocycles. The van der Waals surface area contributed by atoms with Crippen molar-refractivity contribution in [2.75, 3.05) is 11.9 Å². The summed E-state index contributed by atoms with van der Waals surface area (Å²) in [5.74, 6) is -0.200. The maximum absolute atomic E-state index is 11.2. The second-order valence-corrected chi connectivity index (χ2v) is 3.31. The van der Waals surface area contributed by atoms with Crippen molar-refractivity contribution in [2.24, 2.45) is 5.73 Å². The minimum absolute atomic E-state index is 0.200. The average molecular weight is 256 g/mol. The molecular weight excluding hydrogens is 246 g/mol. The summed E-state index contributed by atoms with van der Waals surface area (Å²) in [5, 5.41) is 2.67. The van der Waals surface area contributed by atoms with Crippen LogP contribution in [0, 0.1) is 0 Å². The van der Waals surface area contributed by atoms with Crippen LogP contribution in [0.2, 0.25) is 0 Å². The number of rotatable bonds is 3. The van der Waals surface area contributed by atoms with E-state index in [-0.39, 0.29) is 5.91 Å². The third-order valence-corrected chi connectivity index (χ3v) is 1.83. The van der Waals surface area contributed by atoms with Crippen molar-refractivity contribution < 1.29 is 4.79 Å². The highest BCUT2D eigenvalue weighted by molar-refractivity contribution is 9.10. The number of amides is 1. The second kappa shape index (κ2) is 5.51. The Bertz CT molecular complexity index is 352. The molecule has 0 atom stereocenters. The van der Waals surface area contributed by atoms with Crippen molar-refractivity contribution in [2.45, 2.75) is 0 Å². The van der Waals surface area contributed by atoms with E-state index in [9.17, 15) is 4.79 Å². The molecular formula is C9H10BrN3O. The quantitative estimate of drug-likeness (QED) is 0.632. The lowest BCUT2D eigenvalue weighted by atomic mass is 10.4. The first-order valence-electron chi connectivity index (χ1n) is 4.01. The largest absolute Gasteiger partial charge is 0.327 e. The van der Waals surface area contributed by atoms with Crippen molar-refractivity contribution in [3.63, 3.8) is 0 Å². The Morgan fingerprint density at radius 3 is 3.14 bits per heavy atom. The molecule has 1 aromatic rings. The van der Waals surface area contributed by atoms with Crippen LogP contribution in [0.15, 0.2) is 35.1 Å². The number of carbonyl (C=O) groups excluding carboxylic acids is 1. The van der Waals surface area contributed by atoms with Crippen LogP contribution in [0.4, 0.5) is 5.69 Å². The monoisotopic (exact) mass is 255 g/mol. The van der Waals surface area contributed by atoms with Gasteiger partial charge in [-0.15, -0.1) is 0 Å². The zero-order valence-corrected chi connectivity index (χ0v) is 8.99. The van der Waals surface area contributed by atoms with E-state index < -0.39 is 0 Å².